The smallest absolute Gasteiger partial charge is 0.323 e. The summed E-state index contributed by atoms with van der Waals surface area (Å²) in [4.78, 5) is 23.2. The van der Waals surface area contributed by atoms with Crippen LogP contribution in [0.3, 0.4) is 0 Å². The predicted molar refractivity (Wildman–Crippen MR) is 79.5 cm³/mol. The lowest BCUT2D eigenvalue weighted by Gasteiger charge is -2.38. The number of carbonyl (C=O) groups is 2. The predicted octanol–water partition coefficient (Wildman–Crippen LogP) is -0.891. The van der Waals surface area contributed by atoms with E-state index in [4.69, 9.17) is 10.8 Å². The SMILES string of the molecule is CC(N)(CC1CC2(CCN(S(C)(=O)=O)CC2)NC1=O)C(=O)O. The molecule has 2 rings (SSSR count). The molecule has 2 unspecified atom stereocenters. The van der Waals surface area contributed by atoms with E-state index in [1.807, 2.05) is 0 Å². The van der Waals surface area contributed by atoms with Gasteiger partial charge in [-0.15, -0.1) is 0 Å². The number of hydrogen-bond acceptors (Lipinski definition) is 5. The number of nitrogens with two attached hydrogens (primary N) is 1. The van der Waals surface area contributed by atoms with Gasteiger partial charge >= 0.3 is 5.97 Å². The van der Waals surface area contributed by atoms with Crippen molar-refractivity contribution in [1.82, 2.24) is 9.62 Å². The first-order chi connectivity index (χ1) is 9.95. The van der Waals surface area contributed by atoms with Crippen molar-refractivity contribution < 1.29 is 23.1 Å². The number of rotatable bonds is 4. The van der Waals surface area contributed by atoms with E-state index < -0.39 is 33.0 Å². The van der Waals surface area contributed by atoms with Crippen LogP contribution in [-0.4, -0.2) is 60.1 Å². The number of piperidine rings is 1. The van der Waals surface area contributed by atoms with E-state index in [2.05, 4.69) is 5.32 Å². The molecule has 0 radical (unpaired) electrons. The molecule has 0 aromatic rings. The van der Waals surface area contributed by atoms with Gasteiger partial charge in [-0.1, -0.05) is 0 Å². The monoisotopic (exact) mass is 333 g/mol. The standard InChI is InChI=1S/C13H23N3O5S/c1-12(14,11(18)19)7-9-8-13(15-10(9)17)3-5-16(6-4-13)22(2,20)21/h9H,3-8,14H2,1-2H3,(H,15,17)(H,18,19). The molecule has 0 aromatic heterocycles. The van der Waals surface area contributed by atoms with Gasteiger partial charge in [-0.2, -0.15) is 0 Å². The van der Waals surface area contributed by atoms with Crippen LogP contribution >= 0.6 is 0 Å². The summed E-state index contributed by atoms with van der Waals surface area (Å²) in [6.45, 7) is 2.13. The number of carboxylic acid groups (broad SMARTS) is 1. The van der Waals surface area contributed by atoms with Crippen LogP contribution in [0, 0.1) is 5.92 Å². The molecular formula is C13H23N3O5S. The van der Waals surface area contributed by atoms with Gasteiger partial charge in [-0.05, 0) is 32.6 Å². The number of amides is 1. The Morgan fingerprint density at radius 2 is 2.05 bits per heavy atom. The molecule has 126 valence electrons. The van der Waals surface area contributed by atoms with Crippen molar-refractivity contribution in [3.8, 4) is 0 Å². The van der Waals surface area contributed by atoms with Crippen molar-refractivity contribution in [3.05, 3.63) is 0 Å². The average molecular weight is 333 g/mol. The molecule has 2 heterocycles. The third-order valence-corrected chi connectivity index (χ3v) is 6.01. The maximum absolute atomic E-state index is 12.1. The Morgan fingerprint density at radius 3 is 2.50 bits per heavy atom. The summed E-state index contributed by atoms with van der Waals surface area (Å²) in [6, 6.07) is 0. The summed E-state index contributed by atoms with van der Waals surface area (Å²) in [6.07, 6.45) is 2.83. The van der Waals surface area contributed by atoms with Crippen molar-refractivity contribution in [2.24, 2.45) is 11.7 Å². The lowest BCUT2D eigenvalue weighted by molar-refractivity contribution is -0.143. The third-order valence-electron chi connectivity index (χ3n) is 4.70. The Kier molecular flexibility index (Phi) is 4.27. The Morgan fingerprint density at radius 1 is 1.50 bits per heavy atom. The molecule has 2 atom stereocenters. The zero-order valence-corrected chi connectivity index (χ0v) is 13.6. The van der Waals surface area contributed by atoms with Gasteiger partial charge in [0.05, 0.1) is 6.26 Å². The Balaban J connectivity index is 2.03. The van der Waals surface area contributed by atoms with E-state index in [1.54, 1.807) is 0 Å². The minimum atomic E-state index is -3.22. The second-order valence-corrected chi connectivity index (χ2v) is 8.74. The summed E-state index contributed by atoms with van der Waals surface area (Å²) in [5.41, 5.74) is 3.86. The lowest BCUT2D eigenvalue weighted by Crippen LogP contribution is -2.51. The molecule has 4 N–H and O–H groups in total. The van der Waals surface area contributed by atoms with E-state index in [1.165, 1.54) is 17.5 Å². The van der Waals surface area contributed by atoms with E-state index >= 15 is 0 Å². The molecule has 8 nitrogen and oxygen atoms in total. The van der Waals surface area contributed by atoms with Crippen LogP contribution in [0.5, 0.6) is 0 Å². The first-order valence-electron chi connectivity index (χ1n) is 7.25. The molecule has 22 heavy (non-hydrogen) atoms. The van der Waals surface area contributed by atoms with Gasteiger partial charge in [0.15, 0.2) is 0 Å². The summed E-state index contributed by atoms with van der Waals surface area (Å²) in [5.74, 6) is -1.77. The summed E-state index contributed by atoms with van der Waals surface area (Å²) >= 11 is 0. The van der Waals surface area contributed by atoms with Crippen molar-refractivity contribution >= 4 is 21.9 Å². The first kappa shape index (κ1) is 17.2. The van der Waals surface area contributed by atoms with Crippen LogP contribution in [0.25, 0.3) is 0 Å². The molecule has 0 saturated carbocycles. The van der Waals surface area contributed by atoms with Gasteiger partial charge in [0.25, 0.3) is 0 Å². The first-order valence-corrected chi connectivity index (χ1v) is 9.09. The number of carboxylic acids is 1. The normalized spacial score (nSPS) is 28.3. The maximum atomic E-state index is 12.1. The highest BCUT2D eigenvalue weighted by Crippen LogP contribution is 2.37. The molecule has 2 aliphatic rings. The van der Waals surface area contributed by atoms with E-state index in [9.17, 15) is 18.0 Å². The van der Waals surface area contributed by atoms with Gasteiger partial charge in [0, 0.05) is 24.5 Å². The molecule has 0 aromatic carbocycles. The number of sulfonamides is 1. The highest BCUT2D eigenvalue weighted by molar-refractivity contribution is 7.88. The molecule has 1 amide bonds. The largest absolute Gasteiger partial charge is 0.480 e. The van der Waals surface area contributed by atoms with Crippen LogP contribution in [-0.2, 0) is 19.6 Å². The van der Waals surface area contributed by atoms with E-state index in [0.29, 0.717) is 32.4 Å². The fourth-order valence-corrected chi connectivity index (χ4v) is 4.16. The molecule has 2 fully saturated rings. The van der Waals surface area contributed by atoms with Crippen LogP contribution in [0.1, 0.15) is 32.6 Å². The van der Waals surface area contributed by atoms with Gasteiger partial charge in [0.2, 0.25) is 15.9 Å². The molecule has 9 heteroatoms. The van der Waals surface area contributed by atoms with Crippen LogP contribution in [0.4, 0.5) is 0 Å². The van der Waals surface area contributed by atoms with Crippen molar-refractivity contribution in [2.45, 2.75) is 43.7 Å². The molecule has 1 spiro atoms. The highest BCUT2D eigenvalue weighted by atomic mass is 32.2. The molecule has 0 bridgehead atoms. The van der Waals surface area contributed by atoms with Crippen LogP contribution in [0.15, 0.2) is 0 Å². The van der Waals surface area contributed by atoms with Gasteiger partial charge in [-0.3, -0.25) is 9.59 Å². The van der Waals surface area contributed by atoms with Gasteiger partial charge in [0.1, 0.15) is 5.54 Å². The summed E-state index contributed by atoms with van der Waals surface area (Å²) in [5, 5.41) is 12.0. The number of nitrogens with zero attached hydrogens (tertiary/aromatic N) is 1. The molecule has 2 aliphatic heterocycles. The topological polar surface area (TPSA) is 130 Å². The Labute approximate surface area is 130 Å². The van der Waals surface area contributed by atoms with Crippen molar-refractivity contribution in [3.63, 3.8) is 0 Å². The van der Waals surface area contributed by atoms with Crippen LogP contribution in [0.2, 0.25) is 0 Å². The lowest BCUT2D eigenvalue weighted by atomic mass is 9.80. The number of aliphatic carboxylic acids is 1. The maximum Gasteiger partial charge on any atom is 0.323 e. The number of carbonyl (C=O) groups excluding carboxylic acids is 1. The zero-order valence-electron chi connectivity index (χ0n) is 12.8. The quantitative estimate of drug-likeness (QED) is 0.612. The molecule has 0 aliphatic carbocycles. The number of hydrogen-bond donors (Lipinski definition) is 3. The zero-order chi connectivity index (χ0) is 16.8. The summed E-state index contributed by atoms with van der Waals surface area (Å²) < 4.78 is 24.5. The molecular weight excluding hydrogens is 310 g/mol. The van der Waals surface area contributed by atoms with E-state index in [-0.39, 0.29) is 12.3 Å². The Hall–Kier alpha value is -1.19. The third kappa shape index (κ3) is 3.41. The van der Waals surface area contributed by atoms with Gasteiger partial charge in [-0.25, -0.2) is 12.7 Å². The fourth-order valence-electron chi connectivity index (χ4n) is 3.32. The molecule has 2 saturated heterocycles. The van der Waals surface area contributed by atoms with Crippen LogP contribution < -0.4 is 11.1 Å². The fraction of sp³-hybridized carbons (Fsp3) is 0.846. The second kappa shape index (κ2) is 5.47. The minimum absolute atomic E-state index is 0.0751. The second-order valence-electron chi connectivity index (χ2n) is 6.76. The van der Waals surface area contributed by atoms with Gasteiger partial charge < -0.3 is 16.2 Å². The summed E-state index contributed by atoms with van der Waals surface area (Å²) in [7, 11) is -3.22. The number of nitrogens with one attached hydrogen (secondary N) is 1. The highest BCUT2D eigenvalue weighted by Gasteiger charge is 2.48. The average Bonchev–Trinajstić information content (AvgIpc) is 2.64. The Bertz CT molecular complexity index is 578. The van der Waals surface area contributed by atoms with E-state index in [0.717, 1.165) is 0 Å². The van der Waals surface area contributed by atoms with Crippen molar-refractivity contribution in [2.75, 3.05) is 19.3 Å². The van der Waals surface area contributed by atoms with Crippen molar-refractivity contribution in [1.29, 1.82) is 0 Å². The minimum Gasteiger partial charge on any atom is -0.480 e.